The Balaban J connectivity index is 1.38. The lowest BCUT2D eigenvalue weighted by atomic mass is 10.0. The molecule has 4 heterocycles. The molecule has 1 saturated heterocycles. The number of benzene rings is 1. The summed E-state index contributed by atoms with van der Waals surface area (Å²) in [4.78, 5) is 22.3. The number of nitrogens with one attached hydrogen (secondary N) is 1. The SMILES string of the molecule is CCN1CCN(Cc2ccc(Nc3ncc(F)c(-c4cc5c(nc(C)n5C(C)C)c(F)c4C)n3)nc2)CC1. The minimum absolute atomic E-state index is 0.0257. The van der Waals surface area contributed by atoms with Crippen LogP contribution >= 0.6 is 0 Å². The summed E-state index contributed by atoms with van der Waals surface area (Å²) in [5.41, 5.74) is 2.69. The molecule has 0 unspecified atom stereocenters. The first-order chi connectivity index (χ1) is 18.2. The maximum Gasteiger partial charge on any atom is 0.229 e. The van der Waals surface area contributed by atoms with E-state index in [2.05, 4.69) is 42.0 Å². The smallest absolute Gasteiger partial charge is 0.229 e. The highest BCUT2D eigenvalue weighted by Gasteiger charge is 2.22. The van der Waals surface area contributed by atoms with Gasteiger partial charge in [-0.15, -0.1) is 0 Å². The number of rotatable bonds is 7. The van der Waals surface area contributed by atoms with E-state index in [1.165, 1.54) is 0 Å². The standard InChI is InChI=1S/C28H34F2N8/c1-6-36-9-11-37(12-10-36)16-20-7-8-24(31-14-20)34-28-32-15-22(29)26(35-28)21-13-23-27(25(30)18(21)4)33-19(5)38(23)17(2)3/h7-8,13-15,17H,6,9-12,16H2,1-5H3,(H,31,32,34,35). The number of hydrogen-bond acceptors (Lipinski definition) is 7. The predicted molar refractivity (Wildman–Crippen MR) is 145 cm³/mol. The van der Waals surface area contributed by atoms with Crippen LogP contribution in [0.5, 0.6) is 0 Å². The number of likely N-dealkylation sites (N-methyl/N-ethyl adjacent to an activating group) is 1. The Morgan fingerprint density at radius 2 is 1.71 bits per heavy atom. The summed E-state index contributed by atoms with van der Waals surface area (Å²) in [5, 5.41) is 3.06. The fraction of sp³-hybridized carbons (Fsp3) is 0.429. The third-order valence-electron chi connectivity index (χ3n) is 7.25. The third-order valence-corrected chi connectivity index (χ3v) is 7.25. The molecule has 1 aliphatic rings. The Morgan fingerprint density at radius 1 is 0.974 bits per heavy atom. The van der Waals surface area contributed by atoms with Gasteiger partial charge < -0.3 is 14.8 Å². The summed E-state index contributed by atoms with van der Waals surface area (Å²) in [6.45, 7) is 15.9. The van der Waals surface area contributed by atoms with Gasteiger partial charge in [-0.25, -0.2) is 28.7 Å². The quantitative estimate of drug-likeness (QED) is 0.357. The molecule has 0 aliphatic carbocycles. The van der Waals surface area contributed by atoms with E-state index in [1.807, 2.05) is 43.7 Å². The Kier molecular flexibility index (Phi) is 7.36. The van der Waals surface area contributed by atoms with Crippen LogP contribution in [0.25, 0.3) is 22.3 Å². The number of piperazine rings is 1. The van der Waals surface area contributed by atoms with E-state index in [0.29, 0.717) is 22.7 Å². The van der Waals surface area contributed by atoms with Gasteiger partial charge in [-0.1, -0.05) is 13.0 Å². The van der Waals surface area contributed by atoms with Crippen molar-refractivity contribution in [2.45, 2.75) is 47.2 Å². The number of anilines is 2. The lowest BCUT2D eigenvalue weighted by Gasteiger charge is -2.33. The van der Waals surface area contributed by atoms with Crippen LogP contribution in [0.2, 0.25) is 0 Å². The van der Waals surface area contributed by atoms with Gasteiger partial charge in [-0.05, 0) is 57.5 Å². The molecule has 5 rings (SSSR count). The van der Waals surface area contributed by atoms with Crippen molar-refractivity contribution in [3.63, 3.8) is 0 Å². The fourth-order valence-corrected chi connectivity index (χ4v) is 5.14. The third kappa shape index (κ3) is 5.10. The van der Waals surface area contributed by atoms with Gasteiger partial charge in [-0.3, -0.25) is 4.90 Å². The largest absolute Gasteiger partial charge is 0.326 e. The van der Waals surface area contributed by atoms with Crippen molar-refractivity contribution < 1.29 is 8.78 Å². The summed E-state index contributed by atoms with van der Waals surface area (Å²) in [6, 6.07) is 5.72. The molecule has 1 N–H and O–H groups in total. The number of hydrogen-bond donors (Lipinski definition) is 1. The highest BCUT2D eigenvalue weighted by molar-refractivity contribution is 5.85. The fourth-order valence-electron chi connectivity index (χ4n) is 5.14. The average Bonchev–Trinajstić information content (AvgIpc) is 3.25. The molecule has 8 nitrogen and oxygen atoms in total. The van der Waals surface area contributed by atoms with Crippen molar-refractivity contribution in [3.05, 3.63) is 59.2 Å². The van der Waals surface area contributed by atoms with Gasteiger partial charge >= 0.3 is 0 Å². The molecule has 0 amide bonds. The summed E-state index contributed by atoms with van der Waals surface area (Å²) in [5.74, 6) is 0.338. The van der Waals surface area contributed by atoms with Gasteiger partial charge in [0, 0.05) is 50.5 Å². The van der Waals surface area contributed by atoms with Crippen LogP contribution in [0.1, 0.15) is 43.8 Å². The maximum absolute atomic E-state index is 15.4. The van der Waals surface area contributed by atoms with Gasteiger partial charge in [-0.2, -0.15) is 0 Å². The van der Waals surface area contributed by atoms with Crippen LogP contribution in [-0.2, 0) is 6.54 Å². The number of imidazole rings is 1. The topological polar surface area (TPSA) is 75.0 Å². The summed E-state index contributed by atoms with van der Waals surface area (Å²) < 4.78 is 32.3. The van der Waals surface area contributed by atoms with Crippen molar-refractivity contribution >= 4 is 22.8 Å². The van der Waals surface area contributed by atoms with Crippen molar-refractivity contribution in [2.75, 3.05) is 38.0 Å². The monoisotopic (exact) mass is 520 g/mol. The number of fused-ring (bicyclic) bond motifs is 1. The molecule has 4 aromatic rings. The number of halogens is 2. The van der Waals surface area contributed by atoms with Gasteiger partial charge in [0.15, 0.2) is 11.6 Å². The Bertz CT molecular complexity index is 1440. The highest BCUT2D eigenvalue weighted by Crippen LogP contribution is 2.33. The molecule has 0 radical (unpaired) electrons. The summed E-state index contributed by atoms with van der Waals surface area (Å²) in [7, 11) is 0. The molecular weight excluding hydrogens is 486 g/mol. The van der Waals surface area contributed by atoms with Crippen LogP contribution in [0.15, 0.2) is 30.6 Å². The van der Waals surface area contributed by atoms with E-state index in [-0.39, 0.29) is 28.8 Å². The Morgan fingerprint density at radius 3 is 2.37 bits per heavy atom. The van der Waals surface area contributed by atoms with E-state index in [0.717, 1.165) is 51.0 Å². The van der Waals surface area contributed by atoms with Gasteiger partial charge in [0.25, 0.3) is 0 Å². The first-order valence-corrected chi connectivity index (χ1v) is 13.1. The zero-order valence-corrected chi connectivity index (χ0v) is 22.6. The van der Waals surface area contributed by atoms with E-state index >= 15 is 4.39 Å². The number of nitrogens with zero attached hydrogens (tertiary/aromatic N) is 7. The van der Waals surface area contributed by atoms with Crippen LogP contribution < -0.4 is 5.32 Å². The second kappa shape index (κ2) is 10.7. The van der Waals surface area contributed by atoms with Crippen molar-refractivity contribution in [1.29, 1.82) is 0 Å². The highest BCUT2D eigenvalue weighted by atomic mass is 19.1. The molecule has 38 heavy (non-hydrogen) atoms. The van der Waals surface area contributed by atoms with Crippen LogP contribution in [0.3, 0.4) is 0 Å². The summed E-state index contributed by atoms with van der Waals surface area (Å²) >= 11 is 0. The minimum Gasteiger partial charge on any atom is -0.326 e. The summed E-state index contributed by atoms with van der Waals surface area (Å²) in [6.07, 6.45) is 2.93. The van der Waals surface area contributed by atoms with Crippen LogP contribution in [-0.4, -0.2) is 67.0 Å². The minimum atomic E-state index is -0.629. The zero-order valence-electron chi connectivity index (χ0n) is 22.6. The zero-order chi connectivity index (χ0) is 27.0. The van der Waals surface area contributed by atoms with E-state index < -0.39 is 11.6 Å². The van der Waals surface area contributed by atoms with E-state index in [9.17, 15) is 4.39 Å². The normalized spacial score (nSPS) is 15.1. The van der Waals surface area contributed by atoms with Crippen molar-refractivity contribution in [3.8, 4) is 11.3 Å². The van der Waals surface area contributed by atoms with E-state index in [4.69, 9.17) is 0 Å². The molecule has 0 atom stereocenters. The van der Waals surface area contributed by atoms with Gasteiger partial charge in [0.1, 0.15) is 22.9 Å². The molecular formula is C28H34F2N8. The second-order valence-electron chi connectivity index (χ2n) is 10.1. The van der Waals surface area contributed by atoms with Gasteiger partial charge in [0.05, 0.1) is 11.7 Å². The molecule has 0 spiro atoms. The number of pyridine rings is 1. The first-order valence-electron chi connectivity index (χ1n) is 13.1. The van der Waals surface area contributed by atoms with Crippen LogP contribution in [0, 0.1) is 25.5 Å². The second-order valence-corrected chi connectivity index (χ2v) is 10.1. The Labute approximate surface area is 221 Å². The molecule has 200 valence electrons. The molecule has 3 aromatic heterocycles. The first kappa shape index (κ1) is 26.1. The average molecular weight is 521 g/mol. The molecule has 1 fully saturated rings. The van der Waals surface area contributed by atoms with Gasteiger partial charge in [0.2, 0.25) is 5.95 Å². The Hall–Kier alpha value is -3.50. The van der Waals surface area contributed by atoms with Crippen molar-refractivity contribution in [2.24, 2.45) is 0 Å². The molecule has 10 heteroatoms. The molecule has 0 bridgehead atoms. The maximum atomic E-state index is 15.4. The molecule has 0 saturated carbocycles. The van der Waals surface area contributed by atoms with E-state index in [1.54, 1.807) is 13.0 Å². The molecule has 1 aromatic carbocycles. The lowest BCUT2D eigenvalue weighted by molar-refractivity contribution is 0.132. The predicted octanol–water partition coefficient (Wildman–Crippen LogP) is 5.25. The number of aryl methyl sites for hydroxylation is 1. The lowest BCUT2D eigenvalue weighted by Crippen LogP contribution is -2.45. The van der Waals surface area contributed by atoms with Crippen LogP contribution in [0.4, 0.5) is 20.5 Å². The number of aromatic nitrogens is 5. The van der Waals surface area contributed by atoms with Crippen molar-refractivity contribution in [1.82, 2.24) is 34.3 Å². The molecule has 1 aliphatic heterocycles.